The lowest BCUT2D eigenvalue weighted by molar-refractivity contribution is 0.769. The van der Waals surface area contributed by atoms with Gasteiger partial charge in [0, 0.05) is 18.1 Å². The van der Waals surface area contributed by atoms with E-state index in [0.717, 1.165) is 18.6 Å². The van der Waals surface area contributed by atoms with Gasteiger partial charge in [-0.3, -0.25) is 4.98 Å². The predicted molar refractivity (Wildman–Crippen MR) is 62.0 cm³/mol. The first-order valence-electron chi connectivity index (χ1n) is 5.49. The normalized spacial score (nSPS) is 20.9. The molecule has 0 bridgehead atoms. The van der Waals surface area contributed by atoms with E-state index >= 15 is 0 Å². The summed E-state index contributed by atoms with van der Waals surface area (Å²) in [7, 11) is 0. The van der Waals surface area contributed by atoms with Crippen molar-refractivity contribution in [1.82, 2.24) is 10.3 Å². The molecule has 1 saturated heterocycles. The standard InChI is InChI=1S/C13H14N2/c1-2-4-13-12(3-1)11(6-8-15-13)10-5-7-14-9-10/h1-4,6,8,10,14H,5,7,9H2. The smallest absolute Gasteiger partial charge is 0.0704 e. The molecule has 0 saturated carbocycles. The first-order valence-corrected chi connectivity index (χ1v) is 5.49. The second kappa shape index (κ2) is 3.63. The quantitative estimate of drug-likeness (QED) is 0.760. The van der Waals surface area contributed by atoms with E-state index in [1.165, 1.54) is 17.4 Å². The molecule has 1 aliphatic heterocycles. The molecule has 0 amide bonds. The third kappa shape index (κ3) is 1.51. The van der Waals surface area contributed by atoms with Gasteiger partial charge in [-0.1, -0.05) is 18.2 Å². The monoisotopic (exact) mass is 198 g/mol. The highest BCUT2D eigenvalue weighted by Crippen LogP contribution is 2.28. The number of hydrogen-bond acceptors (Lipinski definition) is 2. The van der Waals surface area contributed by atoms with Gasteiger partial charge in [-0.25, -0.2) is 0 Å². The van der Waals surface area contributed by atoms with Crippen LogP contribution >= 0.6 is 0 Å². The van der Waals surface area contributed by atoms with E-state index in [1.54, 1.807) is 0 Å². The average molecular weight is 198 g/mol. The van der Waals surface area contributed by atoms with Crippen molar-refractivity contribution >= 4 is 10.9 Å². The Kier molecular flexibility index (Phi) is 2.14. The molecule has 1 fully saturated rings. The fourth-order valence-electron chi connectivity index (χ4n) is 2.39. The number of pyridine rings is 1. The van der Waals surface area contributed by atoms with Crippen LogP contribution in [0.2, 0.25) is 0 Å². The van der Waals surface area contributed by atoms with Crippen molar-refractivity contribution in [2.45, 2.75) is 12.3 Å². The summed E-state index contributed by atoms with van der Waals surface area (Å²) in [6.45, 7) is 2.25. The summed E-state index contributed by atoms with van der Waals surface area (Å²) < 4.78 is 0. The topological polar surface area (TPSA) is 24.9 Å². The molecule has 1 atom stereocenters. The van der Waals surface area contributed by atoms with Gasteiger partial charge in [0.2, 0.25) is 0 Å². The molecule has 2 heterocycles. The van der Waals surface area contributed by atoms with E-state index in [9.17, 15) is 0 Å². The molecule has 2 aromatic rings. The average Bonchev–Trinajstić information content (AvgIpc) is 2.82. The van der Waals surface area contributed by atoms with Crippen LogP contribution < -0.4 is 5.32 Å². The predicted octanol–water partition coefficient (Wildman–Crippen LogP) is 2.31. The Morgan fingerprint density at radius 2 is 2.13 bits per heavy atom. The van der Waals surface area contributed by atoms with Gasteiger partial charge < -0.3 is 5.32 Å². The number of aromatic nitrogens is 1. The number of nitrogens with zero attached hydrogens (tertiary/aromatic N) is 1. The second-order valence-corrected chi connectivity index (χ2v) is 4.11. The van der Waals surface area contributed by atoms with Crippen LogP contribution in [0.3, 0.4) is 0 Å². The van der Waals surface area contributed by atoms with Crippen molar-refractivity contribution in [2.75, 3.05) is 13.1 Å². The molecule has 15 heavy (non-hydrogen) atoms. The van der Waals surface area contributed by atoms with Crippen LogP contribution in [0.15, 0.2) is 36.5 Å². The number of fused-ring (bicyclic) bond motifs is 1. The maximum atomic E-state index is 4.39. The molecule has 1 aromatic heterocycles. The molecule has 2 heteroatoms. The van der Waals surface area contributed by atoms with Crippen molar-refractivity contribution in [2.24, 2.45) is 0 Å². The number of rotatable bonds is 1. The van der Waals surface area contributed by atoms with E-state index in [-0.39, 0.29) is 0 Å². The Balaban J connectivity index is 2.16. The van der Waals surface area contributed by atoms with E-state index in [2.05, 4.69) is 34.6 Å². The summed E-state index contributed by atoms with van der Waals surface area (Å²) in [4.78, 5) is 4.39. The van der Waals surface area contributed by atoms with Crippen LogP contribution in [-0.4, -0.2) is 18.1 Å². The molecule has 1 aliphatic rings. The van der Waals surface area contributed by atoms with Crippen molar-refractivity contribution in [1.29, 1.82) is 0 Å². The lowest BCUT2D eigenvalue weighted by atomic mass is 9.95. The molecular formula is C13H14N2. The largest absolute Gasteiger partial charge is 0.316 e. The number of para-hydroxylation sites is 1. The number of hydrogen-bond donors (Lipinski definition) is 1. The lowest BCUT2D eigenvalue weighted by Gasteiger charge is -2.11. The zero-order valence-electron chi connectivity index (χ0n) is 8.61. The van der Waals surface area contributed by atoms with Gasteiger partial charge in [0.1, 0.15) is 0 Å². The Morgan fingerprint density at radius 3 is 3.00 bits per heavy atom. The molecular weight excluding hydrogens is 184 g/mol. The van der Waals surface area contributed by atoms with Crippen LogP contribution in [0.5, 0.6) is 0 Å². The summed E-state index contributed by atoms with van der Waals surface area (Å²) in [5, 5.41) is 4.73. The van der Waals surface area contributed by atoms with Gasteiger partial charge in [0.05, 0.1) is 5.52 Å². The molecule has 2 nitrogen and oxygen atoms in total. The van der Waals surface area contributed by atoms with Crippen LogP contribution in [-0.2, 0) is 0 Å². The summed E-state index contributed by atoms with van der Waals surface area (Å²) in [5.74, 6) is 0.665. The maximum Gasteiger partial charge on any atom is 0.0704 e. The molecule has 1 unspecified atom stereocenters. The van der Waals surface area contributed by atoms with Crippen molar-refractivity contribution in [3.63, 3.8) is 0 Å². The molecule has 0 aliphatic carbocycles. The fourth-order valence-corrected chi connectivity index (χ4v) is 2.39. The van der Waals surface area contributed by atoms with Crippen molar-refractivity contribution < 1.29 is 0 Å². The fraction of sp³-hybridized carbons (Fsp3) is 0.308. The van der Waals surface area contributed by atoms with Crippen LogP contribution in [0.4, 0.5) is 0 Å². The Bertz CT molecular complexity index is 467. The van der Waals surface area contributed by atoms with E-state index < -0.39 is 0 Å². The number of benzene rings is 1. The molecule has 1 N–H and O–H groups in total. The molecule has 0 spiro atoms. The summed E-state index contributed by atoms with van der Waals surface area (Å²) in [6.07, 6.45) is 3.17. The lowest BCUT2D eigenvalue weighted by Crippen LogP contribution is -2.08. The Hall–Kier alpha value is -1.41. The van der Waals surface area contributed by atoms with Gasteiger partial charge in [0.25, 0.3) is 0 Å². The van der Waals surface area contributed by atoms with Crippen LogP contribution in [0.25, 0.3) is 10.9 Å². The Morgan fingerprint density at radius 1 is 1.20 bits per heavy atom. The van der Waals surface area contributed by atoms with Gasteiger partial charge in [-0.05, 0) is 36.6 Å². The molecule has 3 rings (SSSR count). The molecule has 76 valence electrons. The minimum atomic E-state index is 0.665. The summed E-state index contributed by atoms with van der Waals surface area (Å²) >= 11 is 0. The highest BCUT2D eigenvalue weighted by molar-refractivity contribution is 5.82. The minimum Gasteiger partial charge on any atom is -0.316 e. The minimum absolute atomic E-state index is 0.665. The van der Waals surface area contributed by atoms with Crippen LogP contribution in [0.1, 0.15) is 17.9 Å². The summed E-state index contributed by atoms with van der Waals surface area (Å²) in [6, 6.07) is 10.6. The van der Waals surface area contributed by atoms with Crippen molar-refractivity contribution in [3.8, 4) is 0 Å². The van der Waals surface area contributed by atoms with Crippen molar-refractivity contribution in [3.05, 3.63) is 42.1 Å². The van der Waals surface area contributed by atoms with Gasteiger partial charge >= 0.3 is 0 Å². The third-order valence-electron chi connectivity index (χ3n) is 3.18. The third-order valence-corrected chi connectivity index (χ3v) is 3.18. The van der Waals surface area contributed by atoms with Gasteiger partial charge in [0.15, 0.2) is 0 Å². The highest BCUT2D eigenvalue weighted by Gasteiger charge is 2.18. The van der Waals surface area contributed by atoms with E-state index in [1.807, 2.05) is 12.3 Å². The molecule has 0 radical (unpaired) electrons. The second-order valence-electron chi connectivity index (χ2n) is 4.11. The zero-order valence-corrected chi connectivity index (χ0v) is 8.61. The zero-order chi connectivity index (χ0) is 10.1. The maximum absolute atomic E-state index is 4.39. The Labute approximate surface area is 89.3 Å². The van der Waals surface area contributed by atoms with E-state index in [4.69, 9.17) is 0 Å². The SMILES string of the molecule is c1ccc2c(C3CCNC3)ccnc2c1. The van der Waals surface area contributed by atoms with E-state index in [0.29, 0.717) is 5.92 Å². The van der Waals surface area contributed by atoms with Crippen LogP contribution in [0, 0.1) is 0 Å². The number of nitrogens with one attached hydrogen (secondary N) is 1. The van der Waals surface area contributed by atoms with Gasteiger partial charge in [-0.15, -0.1) is 0 Å². The first-order chi connectivity index (χ1) is 7.45. The summed E-state index contributed by atoms with van der Waals surface area (Å²) in [5.41, 5.74) is 2.56. The first kappa shape index (κ1) is 8.86. The highest BCUT2D eigenvalue weighted by atomic mass is 14.9. The molecule has 1 aromatic carbocycles. The van der Waals surface area contributed by atoms with Gasteiger partial charge in [-0.2, -0.15) is 0 Å².